The maximum atomic E-state index is 13.0. The van der Waals surface area contributed by atoms with E-state index >= 15 is 0 Å². The number of ether oxygens (including phenoxy) is 1. The Kier molecular flexibility index (Phi) is 7.89. The van der Waals surface area contributed by atoms with Gasteiger partial charge in [-0.3, -0.25) is 9.69 Å². The summed E-state index contributed by atoms with van der Waals surface area (Å²) < 4.78 is 5.17. The molecule has 4 rings (SSSR count). The lowest BCUT2D eigenvalue weighted by Gasteiger charge is -2.34. The molecule has 172 valence electrons. The number of carbonyl (C=O) groups is 1. The van der Waals surface area contributed by atoms with E-state index in [1.165, 1.54) is 22.3 Å². The quantitative estimate of drug-likeness (QED) is 0.440. The van der Waals surface area contributed by atoms with Crippen molar-refractivity contribution in [2.24, 2.45) is 5.92 Å². The molecule has 0 amide bonds. The first-order chi connectivity index (χ1) is 15.7. The van der Waals surface area contributed by atoms with Crippen molar-refractivity contribution in [3.63, 3.8) is 0 Å². The number of piperazine rings is 1. The van der Waals surface area contributed by atoms with Crippen molar-refractivity contribution in [1.82, 2.24) is 20.1 Å². The zero-order chi connectivity index (χ0) is 22.3. The fourth-order valence-electron chi connectivity index (χ4n) is 4.48. The number of aromatic nitrogens is 3. The van der Waals surface area contributed by atoms with Crippen molar-refractivity contribution in [3.8, 4) is 0 Å². The number of anilines is 1. The molecular formula is C24H33N5O2S. The molecule has 3 aromatic rings. The van der Waals surface area contributed by atoms with E-state index in [2.05, 4.69) is 56.3 Å². The Morgan fingerprint density at radius 1 is 1.22 bits per heavy atom. The zero-order valence-corrected chi connectivity index (χ0v) is 19.9. The molecule has 3 heterocycles. The Labute approximate surface area is 193 Å². The molecule has 1 atom stereocenters. The molecule has 0 spiro atoms. The second kappa shape index (κ2) is 11.0. The predicted molar refractivity (Wildman–Crippen MR) is 130 cm³/mol. The Hall–Kier alpha value is -2.29. The Bertz CT molecular complexity index is 1010. The van der Waals surface area contributed by atoms with Crippen LogP contribution < -0.4 is 4.90 Å². The number of ketones is 1. The average molecular weight is 456 g/mol. The summed E-state index contributed by atoms with van der Waals surface area (Å²) in [6.45, 7) is 7.68. The third-order valence-corrected chi connectivity index (χ3v) is 7.29. The highest BCUT2D eigenvalue weighted by Gasteiger charge is 2.23. The summed E-state index contributed by atoms with van der Waals surface area (Å²) in [6, 6.07) is 8.36. The number of hydrogen-bond acceptors (Lipinski definition) is 7. The minimum atomic E-state index is 0.116. The van der Waals surface area contributed by atoms with Crippen LogP contribution in [-0.4, -0.2) is 72.3 Å². The van der Waals surface area contributed by atoms with Crippen LogP contribution in [0.25, 0.3) is 10.9 Å². The van der Waals surface area contributed by atoms with Crippen LogP contribution in [-0.2, 0) is 11.2 Å². The average Bonchev–Trinajstić information content (AvgIpc) is 3.46. The SMILES string of the molecule is CCCC(CC(=O)c1nnc(N2CCN(CCOC)CC2)s1)Cc1c[nH]c2ccccc12. The molecule has 1 aliphatic heterocycles. The summed E-state index contributed by atoms with van der Waals surface area (Å²) in [4.78, 5) is 21.0. The van der Waals surface area contributed by atoms with Crippen LogP contribution >= 0.6 is 11.3 Å². The van der Waals surface area contributed by atoms with Crippen molar-refractivity contribution in [2.75, 3.05) is 51.3 Å². The number of nitrogens with zero attached hydrogens (tertiary/aromatic N) is 4. The van der Waals surface area contributed by atoms with Gasteiger partial charge in [0.25, 0.3) is 0 Å². The number of hydrogen-bond donors (Lipinski definition) is 1. The second-order valence-corrected chi connectivity index (χ2v) is 9.51. The molecule has 32 heavy (non-hydrogen) atoms. The fourth-order valence-corrected chi connectivity index (χ4v) is 5.33. The second-order valence-electron chi connectivity index (χ2n) is 8.56. The lowest BCUT2D eigenvalue weighted by molar-refractivity contribution is 0.0957. The molecule has 1 aliphatic rings. The van der Waals surface area contributed by atoms with Gasteiger partial charge in [0.15, 0.2) is 10.8 Å². The number of aromatic amines is 1. The van der Waals surface area contributed by atoms with Crippen LogP contribution in [0.15, 0.2) is 30.5 Å². The molecular weight excluding hydrogens is 422 g/mol. The largest absolute Gasteiger partial charge is 0.383 e. The van der Waals surface area contributed by atoms with Gasteiger partial charge in [0.1, 0.15) is 0 Å². The summed E-state index contributed by atoms with van der Waals surface area (Å²) in [5.41, 5.74) is 2.44. The van der Waals surface area contributed by atoms with E-state index in [-0.39, 0.29) is 5.78 Å². The molecule has 2 aromatic heterocycles. The van der Waals surface area contributed by atoms with Crippen LogP contribution in [0.3, 0.4) is 0 Å². The Balaban J connectivity index is 1.36. The van der Waals surface area contributed by atoms with Crippen molar-refractivity contribution in [1.29, 1.82) is 0 Å². The highest BCUT2D eigenvalue weighted by atomic mass is 32.1. The monoisotopic (exact) mass is 455 g/mol. The number of nitrogens with one attached hydrogen (secondary N) is 1. The number of carbonyl (C=O) groups excluding carboxylic acids is 1. The smallest absolute Gasteiger partial charge is 0.208 e. The summed E-state index contributed by atoms with van der Waals surface area (Å²) in [7, 11) is 1.74. The van der Waals surface area contributed by atoms with E-state index in [4.69, 9.17) is 4.74 Å². The van der Waals surface area contributed by atoms with E-state index in [0.29, 0.717) is 17.3 Å². The molecule has 0 saturated carbocycles. The van der Waals surface area contributed by atoms with Gasteiger partial charge in [0.2, 0.25) is 5.13 Å². The van der Waals surface area contributed by atoms with Crippen molar-refractivity contribution in [3.05, 3.63) is 41.0 Å². The van der Waals surface area contributed by atoms with Gasteiger partial charge in [-0.2, -0.15) is 0 Å². The summed E-state index contributed by atoms with van der Waals surface area (Å²) in [6.07, 6.45) is 5.61. The lowest BCUT2D eigenvalue weighted by Crippen LogP contribution is -2.47. The first kappa shape index (κ1) is 22.9. The third kappa shape index (κ3) is 5.54. The first-order valence-electron chi connectivity index (χ1n) is 11.6. The van der Waals surface area contributed by atoms with Crippen molar-refractivity contribution in [2.45, 2.75) is 32.6 Å². The van der Waals surface area contributed by atoms with Crippen molar-refractivity contribution < 1.29 is 9.53 Å². The fraction of sp³-hybridized carbons (Fsp3) is 0.542. The number of rotatable bonds is 11. The first-order valence-corrected chi connectivity index (χ1v) is 12.4. The lowest BCUT2D eigenvalue weighted by atomic mass is 9.90. The van der Waals surface area contributed by atoms with Crippen LogP contribution in [0.5, 0.6) is 0 Å². The van der Waals surface area contributed by atoms with Crippen molar-refractivity contribution >= 4 is 33.2 Å². The van der Waals surface area contributed by atoms with Gasteiger partial charge in [0.05, 0.1) is 6.61 Å². The van der Waals surface area contributed by atoms with E-state index in [1.807, 2.05) is 6.07 Å². The number of para-hydroxylation sites is 1. The maximum Gasteiger partial charge on any atom is 0.208 e. The van der Waals surface area contributed by atoms with Gasteiger partial charge in [0, 0.05) is 63.4 Å². The minimum Gasteiger partial charge on any atom is -0.383 e. The minimum absolute atomic E-state index is 0.116. The summed E-state index contributed by atoms with van der Waals surface area (Å²) in [5, 5.41) is 11.3. The molecule has 1 aromatic carbocycles. The summed E-state index contributed by atoms with van der Waals surface area (Å²) >= 11 is 1.44. The molecule has 7 nitrogen and oxygen atoms in total. The molecule has 0 radical (unpaired) electrons. The highest BCUT2D eigenvalue weighted by molar-refractivity contribution is 7.17. The standard InChI is InChI=1S/C24H33N5O2S/c1-3-6-18(15-19-17-25-21-8-5-4-7-20(19)21)16-22(30)23-26-27-24(32-23)29-11-9-28(10-12-29)13-14-31-2/h4-5,7-8,17-18,25H,3,6,9-16H2,1-2H3. The van der Waals surface area contributed by atoms with Gasteiger partial charge in [-0.25, -0.2) is 0 Å². The number of fused-ring (bicyclic) bond motifs is 1. The number of H-pyrrole nitrogens is 1. The number of methoxy groups -OCH3 is 1. The van der Waals surface area contributed by atoms with Gasteiger partial charge in [-0.15, -0.1) is 10.2 Å². The van der Waals surface area contributed by atoms with E-state index < -0.39 is 0 Å². The van der Waals surface area contributed by atoms with Crippen LogP contribution in [0, 0.1) is 5.92 Å². The maximum absolute atomic E-state index is 13.0. The van der Waals surface area contributed by atoms with Gasteiger partial charge in [-0.05, 0) is 30.4 Å². The Morgan fingerprint density at radius 3 is 2.81 bits per heavy atom. The van der Waals surface area contributed by atoms with Crippen LogP contribution in [0.2, 0.25) is 0 Å². The third-order valence-electron chi connectivity index (χ3n) is 6.26. The molecule has 0 aliphatic carbocycles. The highest BCUT2D eigenvalue weighted by Crippen LogP contribution is 2.28. The summed E-state index contributed by atoms with van der Waals surface area (Å²) in [5.74, 6) is 0.425. The molecule has 1 saturated heterocycles. The molecule has 1 unspecified atom stereocenters. The van der Waals surface area contributed by atoms with Gasteiger partial charge < -0.3 is 14.6 Å². The zero-order valence-electron chi connectivity index (χ0n) is 19.0. The number of benzene rings is 1. The van der Waals surface area contributed by atoms with E-state index in [9.17, 15) is 4.79 Å². The Morgan fingerprint density at radius 2 is 2.03 bits per heavy atom. The van der Waals surface area contributed by atoms with E-state index in [0.717, 1.165) is 69.2 Å². The van der Waals surface area contributed by atoms with Crippen LogP contribution in [0.4, 0.5) is 5.13 Å². The normalized spacial score (nSPS) is 16.0. The molecule has 8 heteroatoms. The molecule has 1 N–H and O–H groups in total. The molecule has 0 bridgehead atoms. The topological polar surface area (TPSA) is 74.3 Å². The van der Waals surface area contributed by atoms with Gasteiger partial charge in [-0.1, -0.05) is 42.9 Å². The van der Waals surface area contributed by atoms with Gasteiger partial charge >= 0.3 is 0 Å². The van der Waals surface area contributed by atoms with Crippen LogP contribution in [0.1, 0.15) is 41.6 Å². The predicted octanol–water partition coefficient (Wildman–Crippen LogP) is 4.02. The number of Topliss-reactive ketones (excluding diaryl/α,β-unsaturated/α-hetero) is 1. The molecule has 1 fully saturated rings. The van der Waals surface area contributed by atoms with E-state index in [1.54, 1.807) is 7.11 Å².